The first kappa shape index (κ1) is 22.9. The zero-order chi connectivity index (χ0) is 20.6. The Kier molecular flexibility index (Phi) is 8.50. The summed E-state index contributed by atoms with van der Waals surface area (Å²) in [5.74, 6) is 13.6. The maximum absolute atomic E-state index is 3.40. The second kappa shape index (κ2) is 10.4. The van der Waals surface area contributed by atoms with Crippen molar-refractivity contribution in [2.45, 2.75) is 52.2 Å². The summed E-state index contributed by atoms with van der Waals surface area (Å²) in [5, 5.41) is 2.33. The summed E-state index contributed by atoms with van der Waals surface area (Å²) in [4.78, 5) is 0. The molecule has 0 spiro atoms. The van der Waals surface area contributed by atoms with E-state index in [1.807, 2.05) is 0 Å². The summed E-state index contributed by atoms with van der Waals surface area (Å²) in [6.45, 7) is 13.0. The Bertz CT molecular complexity index is 826. The van der Waals surface area contributed by atoms with E-state index in [1.165, 1.54) is 22.3 Å². The molecule has 2 rings (SSSR count). The third-order valence-electron chi connectivity index (χ3n) is 3.69. The van der Waals surface area contributed by atoms with Gasteiger partial charge >= 0.3 is 184 Å². The molecule has 28 heavy (non-hydrogen) atoms. The first-order valence-corrected chi connectivity index (χ1v) is 16.4. The van der Waals surface area contributed by atoms with Crippen LogP contribution < -0.4 is 0 Å². The van der Waals surface area contributed by atoms with Gasteiger partial charge in [0, 0.05) is 0 Å². The first-order chi connectivity index (χ1) is 13.1. The quantitative estimate of drug-likeness (QED) is 0.289. The van der Waals surface area contributed by atoms with Gasteiger partial charge in [-0.15, -0.1) is 0 Å². The van der Waals surface area contributed by atoms with E-state index in [4.69, 9.17) is 0 Å². The second-order valence-electron chi connectivity index (χ2n) is 8.84. The van der Waals surface area contributed by atoms with Crippen LogP contribution in [0.3, 0.4) is 0 Å². The van der Waals surface area contributed by atoms with Gasteiger partial charge in [-0.1, -0.05) is 0 Å². The molecule has 0 aromatic heterocycles. The van der Waals surface area contributed by atoms with Crippen LogP contribution in [0.5, 0.6) is 0 Å². The molecule has 0 N–H and O–H groups in total. The van der Waals surface area contributed by atoms with Crippen molar-refractivity contribution >= 4 is 26.3 Å². The van der Waals surface area contributed by atoms with E-state index in [9.17, 15) is 0 Å². The van der Waals surface area contributed by atoms with Gasteiger partial charge in [-0.05, 0) is 0 Å². The molecule has 0 aliphatic carbocycles. The molecule has 146 valence electrons. The fourth-order valence-electron chi connectivity index (χ4n) is 2.26. The Balaban J connectivity index is 1.99. The van der Waals surface area contributed by atoms with E-state index in [0.717, 1.165) is 10.6 Å². The minimum atomic E-state index is 0.0417. The average Bonchev–Trinajstić information content (AvgIpc) is 2.62. The van der Waals surface area contributed by atoms with E-state index in [1.54, 1.807) is 0 Å². The normalized spacial score (nSPS) is 11.2. The molecule has 0 amide bonds. The van der Waals surface area contributed by atoms with Gasteiger partial charge in [-0.2, -0.15) is 0 Å². The molecule has 0 aliphatic heterocycles. The van der Waals surface area contributed by atoms with E-state index >= 15 is 0 Å². The van der Waals surface area contributed by atoms with Crippen LogP contribution in [0.1, 0.15) is 63.8 Å². The van der Waals surface area contributed by atoms with E-state index < -0.39 is 0 Å². The second-order valence-corrected chi connectivity index (χ2v) is 16.2. The Morgan fingerprint density at radius 1 is 0.607 bits per heavy atom. The molecule has 0 heterocycles. The average molecular weight is 500 g/mol. The summed E-state index contributed by atoms with van der Waals surface area (Å²) in [6.07, 6.45) is 0. The van der Waals surface area contributed by atoms with Gasteiger partial charge < -0.3 is 0 Å². The Labute approximate surface area is 183 Å². The number of benzene rings is 2. The van der Waals surface area contributed by atoms with Crippen LogP contribution in [0.4, 0.5) is 0 Å². The van der Waals surface area contributed by atoms with Crippen molar-refractivity contribution in [3.63, 3.8) is 0 Å². The summed E-state index contributed by atoms with van der Waals surface area (Å²) in [7, 11) is 0. The zero-order valence-electron chi connectivity index (χ0n) is 17.8. The summed E-state index contributed by atoms with van der Waals surface area (Å²) in [6, 6.07) is 17.3. The molecule has 0 aliphatic rings. The van der Waals surface area contributed by atoms with Gasteiger partial charge in [0.25, 0.3) is 0 Å². The molecular formula is C26H30Se2. The molecule has 2 aromatic rings. The topological polar surface area (TPSA) is 0 Å². The summed E-state index contributed by atoms with van der Waals surface area (Å²) >= 11 is 1.24. The van der Waals surface area contributed by atoms with Crippen LogP contribution >= 0.6 is 0 Å². The van der Waals surface area contributed by atoms with Crippen molar-refractivity contribution in [2.75, 3.05) is 0 Å². The summed E-state index contributed by atoms with van der Waals surface area (Å²) < 4.78 is 0. The standard InChI is InChI=1S/C26H30Se2/c1-25(2,3)17-15-21-11-7-9-13-23(21)19-27-28-20-24-14-10-8-12-22(24)16-18-26(4,5)6/h7-14H,19-20H2,1-6H3. The van der Waals surface area contributed by atoms with Crippen LogP contribution in [-0.2, 0) is 10.6 Å². The van der Waals surface area contributed by atoms with Gasteiger partial charge in [0.1, 0.15) is 0 Å². The van der Waals surface area contributed by atoms with Gasteiger partial charge in [0.05, 0.1) is 0 Å². The molecular weight excluding hydrogens is 470 g/mol. The third-order valence-corrected chi connectivity index (χ3v) is 10.2. The number of hydrogen-bond donors (Lipinski definition) is 0. The monoisotopic (exact) mass is 502 g/mol. The zero-order valence-corrected chi connectivity index (χ0v) is 21.3. The molecule has 2 aromatic carbocycles. The molecule has 2 heteroatoms. The molecule has 0 fully saturated rings. The van der Waals surface area contributed by atoms with Crippen LogP contribution in [0, 0.1) is 34.5 Å². The van der Waals surface area contributed by atoms with Crippen LogP contribution in [0.15, 0.2) is 48.5 Å². The predicted molar refractivity (Wildman–Crippen MR) is 124 cm³/mol. The van der Waals surface area contributed by atoms with Crippen LogP contribution in [-0.4, -0.2) is 26.3 Å². The molecule has 0 radical (unpaired) electrons. The van der Waals surface area contributed by atoms with E-state index in [2.05, 4.69) is 114 Å². The molecule has 0 saturated heterocycles. The van der Waals surface area contributed by atoms with Gasteiger partial charge in [0.2, 0.25) is 0 Å². The number of rotatable bonds is 5. The van der Waals surface area contributed by atoms with E-state index in [0.29, 0.717) is 26.3 Å². The predicted octanol–water partition coefficient (Wildman–Crippen LogP) is 5.51. The van der Waals surface area contributed by atoms with Crippen molar-refractivity contribution in [3.05, 3.63) is 70.8 Å². The van der Waals surface area contributed by atoms with Crippen LogP contribution in [0.2, 0.25) is 0 Å². The van der Waals surface area contributed by atoms with E-state index in [-0.39, 0.29) is 10.8 Å². The summed E-state index contributed by atoms with van der Waals surface area (Å²) in [5.41, 5.74) is 5.29. The van der Waals surface area contributed by atoms with Crippen LogP contribution in [0.25, 0.3) is 0 Å². The number of hydrogen-bond acceptors (Lipinski definition) is 0. The van der Waals surface area contributed by atoms with Crippen molar-refractivity contribution in [3.8, 4) is 23.7 Å². The Morgan fingerprint density at radius 2 is 0.964 bits per heavy atom. The molecule has 0 saturated carbocycles. The fourth-order valence-corrected chi connectivity index (χ4v) is 8.78. The Morgan fingerprint density at radius 3 is 1.32 bits per heavy atom. The van der Waals surface area contributed by atoms with Crippen molar-refractivity contribution in [2.24, 2.45) is 10.8 Å². The first-order valence-electron chi connectivity index (χ1n) is 9.61. The Hall–Kier alpha value is -1.40. The van der Waals surface area contributed by atoms with Gasteiger partial charge in [-0.25, -0.2) is 0 Å². The van der Waals surface area contributed by atoms with Crippen molar-refractivity contribution in [1.82, 2.24) is 0 Å². The molecule has 0 nitrogen and oxygen atoms in total. The molecule has 0 atom stereocenters. The maximum atomic E-state index is 3.40. The van der Waals surface area contributed by atoms with Gasteiger partial charge in [0.15, 0.2) is 0 Å². The van der Waals surface area contributed by atoms with Crippen molar-refractivity contribution < 1.29 is 0 Å². The molecule has 0 bridgehead atoms. The minimum absolute atomic E-state index is 0.0417. The SMILES string of the molecule is CC(C)(C)C#Cc1ccccc1C[Se][Se]Cc1ccccc1C#CC(C)(C)C. The van der Waals surface area contributed by atoms with Gasteiger partial charge in [-0.3, -0.25) is 0 Å². The van der Waals surface area contributed by atoms with Crippen molar-refractivity contribution in [1.29, 1.82) is 0 Å². The third kappa shape index (κ3) is 8.74. The molecule has 0 unspecified atom stereocenters. The fraction of sp³-hybridized carbons (Fsp3) is 0.385.